The minimum Gasteiger partial charge on any atom is -0.332 e. The number of hydrogen-bond acceptors (Lipinski definition) is 2. The number of benzene rings is 1. The largest absolute Gasteiger partial charge is 0.332 e. The number of hydrogen-bond donors (Lipinski definition) is 1. The number of nitrogens with zero attached hydrogens (tertiary/aromatic N) is 1. The van der Waals surface area contributed by atoms with Gasteiger partial charge in [0.1, 0.15) is 0 Å². The van der Waals surface area contributed by atoms with Gasteiger partial charge in [-0.3, -0.25) is 4.79 Å². The molecule has 104 valence electrons. The van der Waals surface area contributed by atoms with E-state index in [1.54, 1.807) is 0 Å². The summed E-state index contributed by atoms with van der Waals surface area (Å²) in [6.45, 7) is 9.92. The van der Waals surface area contributed by atoms with E-state index in [0.717, 1.165) is 13.0 Å². The average molecular weight is 260 g/mol. The van der Waals surface area contributed by atoms with Crippen molar-refractivity contribution >= 4 is 5.91 Å². The fraction of sp³-hybridized carbons (Fsp3) is 0.562. The number of nitrogens with one attached hydrogen (secondary N) is 1. The molecule has 1 fully saturated rings. The lowest BCUT2D eigenvalue weighted by Crippen LogP contribution is -2.49. The summed E-state index contributed by atoms with van der Waals surface area (Å²) in [7, 11) is 0. The zero-order valence-corrected chi connectivity index (χ0v) is 12.4. The van der Waals surface area contributed by atoms with Gasteiger partial charge in [-0.2, -0.15) is 0 Å². The van der Waals surface area contributed by atoms with Crippen LogP contribution in [0.15, 0.2) is 24.3 Å². The van der Waals surface area contributed by atoms with Gasteiger partial charge in [0.15, 0.2) is 0 Å². The third-order valence-corrected chi connectivity index (χ3v) is 4.02. The summed E-state index contributed by atoms with van der Waals surface area (Å²) in [4.78, 5) is 14.5. The molecule has 0 aliphatic carbocycles. The summed E-state index contributed by atoms with van der Waals surface area (Å²) in [5.74, 6) is 0.197. The molecule has 1 heterocycles. The van der Waals surface area contributed by atoms with Crippen LogP contribution in [0.3, 0.4) is 0 Å². The van der Waals surface area contributed by atoms with Gasteiger partial charge in [-0.15, -0.1) is 0 Å². The fourth-order valence-electron chi connectivity index (χ4n) is 2.52. The summed E-state index contributed by atoms with van der Waals surface area (Å²) in [6, 6.07) is 8.34. The molecule has 0 bridgehead atoms. The maximum absolute atomic E-state index is 12.5. The highest BCUT2D eigenvalue weighted by Crippen LogP contribution is 2.24. The molecule has 3 nitrogen and oxygen atoms in total. The summed E-state index contributed by atoms with van der Waals surface area (Å²) in [5, 5.41) is 3.28. The van der Waals surface area contributed by atoms with Crippen LogP contribution in [0.4, 0.5) is 0 Å². The Kier molecular flexibility index (Phi) is 3.95. The molecule has 2 rings (SSSR count). The lowest BCUT2D eigenvalue weighted by atomic mass is 9.97. The third-order valence-electron chi connectivity index (χ3n) is 4.02. The number of carbonyl (C=O) groups is 1. The van der Waals surface area contributed by atoms with Crippen LogP contribution in [0.5, 0.6) is 0 Å². The maximum atomic E-state index is 12.5. The summed E-state index contributed by atoms with van der Waals surface area (Å²) < 4.78 is 0. The van der Waals surface area contributed by atoms with E-state index >= 15 is 0 Å². The van der Waals surface area contributed by atoms with Crippen molar-refractivity contribution < 1.29 is 4.79 Å². The first-order valence-electron chi connectivity index (χ1n) is 7.00. The van der Waals surface area contributed by atoms with Crippen LogP contribution in [0, 0.1) is 6.92 Å². The van der Waals surface area contributed by atoms with Gasteiger partial charge in [-0.05, 0) is 46.2 Å². The molecule has 0 radical (unpaired) electrons. The Morgan fingerprint density at radius 2 is 1.95 bits per heavy atom. The van der Waals surface area contributed by atoms with Crippen molar-refractivity contribution in [2.45, 2.75) is 52.2 Å². The molecule has 0 aromatic heterocycles. The molecule has 1 aliphatic rings. The second-order valence-electron chi connectivity index (χ2n) is 6.15. The SMILES string of the molecule is Cc1ccc(CN2C(=O)C(C)NCCC2(C)C)cc1. The van der Waals surface area contributed by atoms with Crippen molar-refractivity contribution in [1.82, 2.24) is 10.2 Å². The van der Waals surface area contributed by atoms with Gasteiger partial charge in [0.2, 0.25) is 5.91 Å². The van der Waals surface area contributed by atoms with Crippen molar-refractivity contribution in [3.05, 3.63) is 35.4 Å². The predicted octanol–water partition coefficient (Wildman–Crippen LogP) is 2.48. The molecule has 3 heteroatoms. The topological polar surface area (TPSA) is 32.3 Å². The smallest absolute Gasteiger partial charge is 0.240 e. The van der Waals surface area contributed by atoms with Crippen LogP contribution in [0.2, 0.25) is 0 Å². The summed E-state index contributed by atoms with van der Waals surface area (Å²) >= 11 is 0. The Bertz CT molecular complexity index is 450. The predicted molar refractivity (Wildman–Crippen MR) is 77.9 cm³/mol. The second-order valence-corrected chi connectivity index (χ2v) is 6.15. The van der Waals surface area contributed by atoms with Gasteiger partial charge in [0.25, 0.3) is 0 Å². The number of rotatable bonds is 2. The standard InChI is InChI=1S/C16H24N2O/c1-12-5-7-14(8-6-12)11-18-15(19)13(2)17-10-9-16(18,3)4/h5-8,13,17H,9-11H2,1-4H3. The molecule has 19 heavy (non-hydrogen) atoms. The van der Waals surface area contributed by atoms with E-state index in [2.05, 4.69) is 50.4 Å². The maximum Gasteiger partial charge on any atom is 0.240 e. The summed E-state index contributed by atoms with van der Waals surface area (Å²) in [5.41, 5.74) is 2.35. The van der Waals surface area contributed by atoms with Crippen molar-refractivity contribution in [1.29, 1.82) is 0 Å². The van der Waals surface area contributed by atoms with Gasteiger partial charge in [0.05, 0.1) is 6.04 Å². The Labute approximate surface area is 116 Å². The Balaban J connectivity index is 2.23. The minimum atomic E-state index is -0.0975. The Hall–Kier alpha value is -1.35. The molecular weight excluding hydrogens is 236 g/mol. The van der Waals surface area contributed by atoms with E-state index in [0.29, 0.717) is 6.54 Å². The van der Waals surface area contributed by atoms with Gasteiger partial charge >= 0.3 is 0 Å². The van der Waals surface area contributed by atoms with Crippen molar-refractivity contribution in [3.63, 3.8) is 0 Å². The normalized spacial score (nSPS) is 23.3. The second kappa shape index (κ2) is 5.33. The van der Waals surface area contributed by atoms with Crippen LogP contribution < -0.4 is 5.32 Å². The van der Waals surface area contributed by atoms with Gasteiger partial charge in [0, 0.05) is 12.1 Å². The van der Waals surface area contributed by atoms with Crippen molar-refractivity contribution in [2.75, 3.05) is 6.54 Å². The number of carbonyl (C=O) groups excluding carboxylic acids is 1. The van der Waals surface area contributed by atoms with E-state index in [9.17, 15) is 4.79 Å². The van der Waals surface area contributed by atoms with E-state index < -0.39 is 0 Å². The first-order chi connectivity index (χ1) is 8.90. The van der Waals surface area contributed by atoms with Gasteiger partial charge in [-0.1, -0.05) is 29.8 Å². The zero-order valence-electron chi connectivity index (χ0n) is 12.4. The first-order valence-corrected chi connectivity index (χ1v) is 7.00. The lowest BCUT2D eigenvalue weighted by molar-refractivity contribution is -0.137. The molecule has 1 saturated heterocycles. The highest BCUT2D eigenvalue weighted by molar-refractivity contribution is 5.82. The zero-order chi connectivity index (χ0) is 14.0. The first kappa shape index (κ1) is 14.1. The van der Waals surface area contributed by atoms with E-state index in [1.807, 2.05) is 11.8 Å². The molecule has 1 aliphatic heterocycles. The average Bonchev–Trinajstić information content (AvgIpc) is 2.44. The van der Waals surface area contributed by atoms with Gasteiger partial charge < -0.3 is 10.2 Å². The molecule has 0 saturated carbocycles. The van der Waals surface area contributed by atoms with Crippen LogP contribution in [0.1, 0.15) is 38.3 Å². The minimum absolute atomic E-state index is 0.0905. The van der Waals surface area contributed by atoms with Crippen LogP contribution in [-0.2, 0) is 11.3 Å². The Morgan fingerprint density at radius 3 is 2.58 bits per heavy atom. The summed E-state index contributed by atoms with van der Waals surface area (Å²) in [6.07, 6.45) is 0.981. The van der Waals surface area contributed by atoms with Gasteiger partial charge in [-0.25, -0.2) is 0 Å². The lowest BCUT2D eigenvalue weighted by Gasteiger charge is -2.37. The highest BCUT2D eigenvalue weighted by Gasteiger charge is 2.35. The fourth-order valence-corrected chi connectivity index (χ4v) is 2.52. The van der Waals surface area contributed by atoms with Crippen molar-refractivity contribution in [2.24, 2.45) is 0 Å². The van der Waals surface area contributed by atoms with Crippen LogP contribution >= 0.6 is 0 Å². The highest BCUT2D eigenvalue weighted by atomic mass is 16.2. The molecule has 1 aromatic rings. The number of amides is 1. The molecule has 1 amide bonds. The molecule has 1 N–H and O–H groups in total. The molecule has 1 atom stereocenters. The van der Waals surface area contributed by atoms with Crippen LogP contribution in [-0.4, -0.2) is 28.9 Å². The van der Waals surface area contributed by atoms with Crippen LogP contribution in [0.25, 0.3) is 0 Å². The monoisotopic (exact) mass is 260 g/mol. The quantitative estimate of drug-likeness (QED) is 0.886. The van der Waals surface area contributed by atoms with E-state index in [1.165, 1.54) is 11.1 Å². The number of aryl methyl sites for hydroxylation is 1. The van der Waals surface area contributed by atoms with E-state index in [-0.39, 0.29) is 17.5 Å². The molecular formula is C16H24N2O. The van der Waals surface area contributed by atoms with Crippen molar-refractivity contribution in [3.8, 4) is 0 Å². The Morgan fingerprint density at radius 1 is 1.32 bits per heavy atom. The third kappa shape index (κ3) is 3.16. The van der Waals surface area contributed by atoms with E-state index in [4.69, 9.17) is 0 Å². The molecule has 1 unspecified atom stereocenters. The molecule has 1 aromatic carbocycles. The molecule has 0 spiro atoms.